The number of hydrogen-bond donors (Lipinski definition) is 1. The van der Waals surface area contributed by atoms with Crippen molar-refractivity contribution in [1.29, 1.82) is 0 Å². The quantitative estimate of drug-likeness (QED) is 0.652. The van der Waals surface area contributed by atoms with Crippen molar-refractivity contribution < 1.29 is 4.79 Å². The van der Waals surface area contributed by atoms with Gasteiger partial charge in [-0.25, -0.2) is 0 Å². The third-order valence-electron chi connectivity index (χ3n) is 7.69. The van der Waals surface area contributed by atoms with Gasteiger partial charge in [-0.2, -0.15) is 0 Å². The van der Waals surface area contributed by atoms with Gasteiger partial charge in [0.1, 0.15) is 0 Å². The predicted octanol–water partition coefficient (Wildman–Crippen LogP) is 4.81. The van der Waals surface area contributed by atoms with Gasteiger partial charge in [-0.1, -0.05) is 22.0 Å². The van der Waals surface area contributed by atoms with Crippen molar-refractivity contribution in [3.63, 3.8) is 0 Å². The molecule has 1 aliphatic heterocycles. The molecule has 2 heterocycles. The largest absolute Gasteiger partial charge is 0.355 e. The number of nitrogens with one attached hydrogen (secondary N) is 1. The van der Waals surface area contributed by atoms with Crippen molar-refractivity contribution in [2.24, 2.45) is 23.2 Å². The first-order chi connectivity index (χ1) is 13.0. The monoisotopic (exact) mass is 450 g/mol. The number of alkyl halides is 1. The second kappa shape index (κ2) is 7.14. The van der Waals surface area contributed by atoms with Crippen molar-refractivity contribution in [2.75, 3.05) is 19.6 Å². The predicted molar refractivity (Wildman–Crippen MR) is 114 cm³/mol. The lowest BCUT2D eigenvalue weighted by molar-refractivity contribution is -0.144. The average molecular weight is 451 g/mol. The molecule has 3 nitrogen and oxygen atoms in total. The van der Waals surface area contributed by atoms with Crippen LogP contribution in [0, 0.1) is 23.2 Å². The van der Waals surface area contributed by atoms with Gasteiger partial charge < -0.3 is 5.32 Å². The van der Waals surface area contributed by atoms with E-state index in [1.807, 2.05) is 11.3 Å². The van der Waals surface area contributed by atoms with E-state index in [-0.39, 0.29) is 9.74 Å². The molecular weight excluding hydrogens is 420 g/mol. The Morgan fingerprint density at radius 2 is 1.96 bits per heavy atom. The molecule has 0 spiro atoms. The van der Waals surface area contributed by atoms with Gasteiger partial charge in [0.25, 0.3) is 0 Å². The van der Waals surface area contributed by atoms with Gasteiger partial charge in [-0.05, 0) is 93.7 Å². The number of likely N-dealkylation sites (tertiary alicyclic amines) is 1. The first-order valence-corrected chi connectivity index (χ1v) is 12.4. The van der Waals surface area contributed by atoms with Crippen LogP contribution in [0.5, 0.6) is 0 Å². The van der Waals surface area contributed by atoms with Crippen LogP contribution in [0.3, 0.4) is 0 Å². The molecule has 1 aromatic rings. The average Bonchev–Trinajstić information content (AvgIpc) is 3.12. The number of thiophene rings is 1. The minimum Gasteiger partial charge on any atom is -0.355 e. The molecule has 1 saturated heterocycles. The number of halogens is 1. The fourth-order valence-corrected chi connectivity index (χ4v) is 9.01. The van der Waals surface area contributed by atoms with Crippen molar-refractivity contribution in [2.45, 2.75) is 62.2 Å². The molecule has 1 amide bonds. The Kier molecular flexibility index (Phi) is 4.93. The molecule has 4 bridgehead atoms. The highest BCUT2D eigenvalue weighted by Gasteiger charge is 2.59. The third-order valence-corrected chi connectivity index (χ3v) is 9.48. The van der Waals surface area contributed by atoms with Crippen LogP contribution in [-0.2, 0) is 11.3 Å². The highest BCUT2D eigenvalue weighted by Crippen LogP contribution is 2.64. The number of amides is 1. The van der Waals surface area contributed by atoms with Crippen LogP contribution in [0.25, 0.3) is 0 Å². The number of hydrogen-bond acceptors (Lipinski definition) is 3. The van der Waals surface area contributed by atoms with Crippen LogP contribution < -0.4 is 5.32 Å². The normalized spacial score (nSPS) is 39.0. The molecule has 1 N–H and O–H groups in total. The summed E-state index contributed by atoms with van der Waals surface area (Å²) in [6.45, 7) is 4.31. The zero-order valence-corrected chi connectivity index (χ0v) is 18.5. The fourth-order valence-electron chi connectivity index (χ4n) is 6.81. The summed E-state index contributed by atoms with van der Waals surface area (Å²) < 4.78 is 0.265. The summed E-state index contributed by atoms with van der Waals surface area (Å²) in [7, 11) is 0. The summed E-state index contributed by atoms with van der Waals surface area (Å²) in [5, 5.41) is 5.58. The third kappa shape index (κ3) is 3.76. The molecule has 5 aliphatic rings. The van der Waals surface area contributed by atoms with E-state index in [9.17, 15) is 4.79 Å². The maximum atomic E-state index is 13.2. The minimum atomic E-state index is -0.0620. The van der Waals surface area contributed by atoms with Gasteiger partial charge in [0.15, 0.2) is 0 Å². The van der Waals surface area contributed by atoms with Crippen LogP contribution in [0.2, 0.25) is 0 Å². The van der Waals surface area contributed by atoms with Gasteiger partial charge >= 0.3 is 0 Å². The first kappa shape index (κ1) is 18.6. The van der Waals surface area contributed by atoms with Crippen molar-refractivity contribution in [1.82, 2.24) is 10.2 Å². The molecular formula is C22H31BrN2OS. The first-order valence-electron chi connectivity index (χ1n) is 10.7. The standard InChI is InChI=1S/C22H31BrN2OS/c23-22-11-17-8-18(12-22)10-21(9-17,15-22)20(26)24-13-16-3-5-25(6-4-16)14-19-2-1-7-27-19/h1-2,7,16-18H,3-6,8-15H2,(H,24,26). The Morgan fingerprint density at radius 1 is 1.22 bits per heavy atom. The molecule has 0 radical (unpaired) electrons. The van der Waals surface area contributed by atoms with E-state index in [4.69, 9.17) is 0 Å². The molecule has 5 fully saturated rings. The van der Waals surface area contributed by atoms with E-state index in [0.717, 1.165) is 57.3 Å². The van der Waals surface area contributed by atoms with Crippen molar-refractivity contribution >= 4 is 33.2 Å². The van der Waals surface area contributed by atoms with Gasteiger partial charge in [0.2, 0.25) is 5.91 Å². The van der Waals surface area contributed by atoms with Gasteiger partial charge in [-0.3, -0.25) is 9.69 Å². The Morgan fingerprint density at radius 3 is 2.59 bits per heavy atom. The zero-order chi connectivity index (χ0) is 18.5. The van der Waals surface area contributed by atoms with Crippen molar-refractivity contribution in [3.05, 3.63) is 22.4 Å². The Bertz CT molecular complexity index is 668. The van der Waals surface area contributed by atoms with E-state index in [1.54, 1.807) is 0 Å². The topological polar surface area (TPSA) is 32.3 Å². The Labute approximate surface area is 175 Å². The van der Waals surface area contributed by atoms with Gasteiger partial charge in [0, 0.05) is 22.3 Å². The van der Waals surface area contributed by atoms with E-state index in [2.05, 4.69) is 43.7 Å². The molecule has 5 heteroatoms. The highest BCUT2D eigenvalue weighted by atomic mass is 79.9. The number of rotatable bonds is 5. The molecule has 6 rings (SSSR count). The maximum absolute atomic E-state index is 13.2. The lowest BCUT2D eigenvalue weighted by Gasteiger charge is -2.59. The summed E-state index contributed by atoms with van der Waals surface area (Å²) >= 11 is 5.89. The lowest BCUT2D eigenvalue weighted by atomic mass is 9.49. The summed E-state index contributed by atoms with van der Waals surface area (Å²) in [5.41, 5.74) is -0.0620. The van der Waals surface area contributed by atoms with Crippen LogP contribution >= 0.6 is 27.3 Å². The second-order valence-corrected chi connectivity index (χ2v) is 12.6. The lowest BCUT2D eigenvalue weighted by Crippen LogP contribution is -2.58. The van der Waals surface area contributed by atoms with Crippen LogP contribution in [0.15, 0.2) is 17.5 Å². The van der Waals surface area contributed by atoms with E-state index in [1.165, 1.54) is 37.0 Å². The van der Waals surface area contributed by atoms with Gasteiger partial charge in [-0.15, -0.1) is 11.3 Å². The molecule has 1 aromatic heterocycles. The van der Waals surface area contributed by atoms with Gasteiger partial charge in [0.05, 0.1) is 5.41 Å². The van der Waals surface area contributed by atoms with Crippen molar-refractivity contribution in [3.8, 4) is 0 Å². The minimum absolute atomic E-state index is 0.0620. The SMILES string of the molecule is O=C(NCC1CCN(Cc2cccs2)CC1)C12CC3CC(CC(Br)(C3)C1)C2. The molecule has 148 valence electrons. The number of carbonyl (C=O) groups excluding carboxylic acids is 1. The van der Waals surface area contributed by atoms with E-state index in [0.29, 0.717) is 11.8 Å². The Hall–Kier alpha value is -0.390. The molecule has 0 aromatic carbocycles. The fraction of sp³-hybridized carbons (Fsp3) is 0.773. The number of piperidine rings is 1. The summed E-state index contributed by atoms with van der Waals surface area (Å²) in [6, 6.07) is 4.38. The van der Waals surface area contributed by atoms with Crippen LogP contribution in [0.4, 0.5) is 0 Å². The number of nitrogens with zero attached hydrogens (tertiary/aromatic N) is 1. The summed E-state index contributed by atoms with van der Waals surface area (Å²) in [4.78, 5) is 17.2. The smallest absolute Gasteiger partial charge is 0.226 e. The maximum Gasteiger partial charge on any atom is 0.226 e. The number of carbonyl (C=O) groups is 1. The van der Waals surface area contributed by atoms with Crippen LogP contribution in [0.1, 0.15) is 56.2 Å². The zero-order valence-electron chi connectivity index (χ0n) is 16.1. The Balaban J connectivity index is 1.12. The highest BCUT2D eigenvalue weighted by molar-refractivity contribution is 9.10. The molecule has 4 aliphatic carbocycles. The molecule has 27 heavy (non-hydrogen) atoms. The molecule has 2 atom stereocenters. The summed E-state index contributed by atoms with van der Waals surface area (Å²) in [5.74, 6) is 2.58. The van der Waals surface area contributed by atoms with Crippen LogP contribution in [-0.4, -0.2) is 34.8 Å². The molecule has 2 unspecified atom stereocenters. The second-order valence-electron chi connectivity index (χ2n) is 9.90. The van der Waals surface area contributed by atoms with E-state index >= 15 is 0 Å². The molecule has 4 saturated carbocycles. The van der Waals surface area contributed by atoms with E-state index < -0.39 is 0 Å². The summed E-state index contributed by atoms with van der Waals surface area (Å²) in [6.07, 6.45) is 9.73.